The van der Waals surface area contributed by atoms with Crippen molar-refractivity contribution in [3.05, 3.63) is 47.3 Å². The molecule has 0 atom stereocenters. The van der Waals surface area contributed by atoms with E-state index in [1.165, 1.54) is 0 Å². The third kappa shape index (κ3) is 7.34. The molecule has 2 aromatic rings. The molecule has 6 nitrogen and oxygen atoms in total. The van der Waals surface area contributed by atoms with E-state index in [2.05, 4.69) is 48.4 Å². The molecule has 0 aliphatic rings. The molecule has 0 saturated heterocycles. The maximum Gasteiger partial charge on any atom is 0.108 e. The molecule has 138 valence electrons. The zero-order valence-corrected chi connectivity index (χ0v) is 15.6. The van der Waals surface area contributed by atoms with E-state index in [9.17, 15) is 0 Å². The van der Waals surface area contributed by atoms with E-state index in [1.807, 2.05) is 24.7 Å². The van der Waals surface area contributed by atoms with Crippen molar-refractivity contribution in [2.75, 3.05) is 13.2 Å². The average Bonchev–Trinajstić information content (AvgIpc) is 3.05. The molecule has 0 spiro atoms. The van der Waals surface area contributed by atoms with E-state index < -0.39 is 0 Å². The first-order valence-corrected chi connectivity index (χ1v) is 8.80. The lowest BCUT2D eigenvalue weighted by Crippen LogP contribution is -2.09. The quantitative estimate of drug-likeness (QED) is 0.582. The molecule has 0 aliphatic carbocycles. The van der Waals surface area contributed by atoms with Crippen LogP contribution >= 0.6 is 0 Å². The summed E-state index contributed by atoms with van der Waals surface area (Å²) in [7, 11) is 0. The van der Waals surface area contributed by atoms with Crippen LogP contribution in [-0.2, 0) is 34.0 Å². The smallest absolute Gasteiger partial charge is 0.108 e. The number of hydrogen-bond donors (Lipinski definition) is 0. The Morgan fingerprint density at radius 1 is 0.880 bits per heavy atom. The predicted octanol–water partition coefficient (Wildman–Crippen LogP) is 3.52. The van der Waals surface area contributed by atoms with Crippen molar-refractivity contribution in [1.82, 2.24) is 15.0 Å². The van der Waals surface area contributed by atoms with Crippen molar-refractivity contribution in [3.63, 3.8) is 0 Å². The first-order chi connectivity index (χ1) is 12.0. The molecule has 0 fully saturated rings. The maximum absolute atomic E-state index is 5.71. The molecule has 1 aromatic carbocycles. The Morgan fingerprint density at radius 2 is 1.52 bits per heavy atom. The molecular formula is C19H29N3O3. The molecule has 1 aromatic heterocycles. The van der Waals surface area contributed by atoms with Crippen LogP contribution in [0.5, 0.6) is 0 Å². The highest BCUT2D eigenvalue weighted by molar-refractivity contribution is 5.21. The van der Waals surface area contributed by atoms with Gasteiger partial charge in [0.05, 0.1) is 45.3 Å². The zero-order chi connectivity index (χ0) is 18.1. The standard InChI is InChI=1S/C19H29N3O3/c1-15(2)22-11-19(20-21-22)14-24-13-18-7-5-17(6-8-18)12-23-9-10-25-16(3)4/h5-8,11,15-16H,9-10,12-14H2,1-4H3. The van der Waals surface area contributed by atoms with E-state index in [1.54, 1.807) is 0 Å². The van der Waals surface area contributed by atoms with Crippen LogP contribution in [0.3, 0.4) is 0 Å². The minimum Gasteiger partial charge on any atom is -0.376 e. The first-order valence-electron chi connectivity index (χ1n) is 8.80. The van der Waals surface area contributed by atoms with Crippen LogP contribution in [0.25, 0.3) is 0 Å². The average molecular weight is 347 g/mol. The monoisotopic (exact) mass is 347 g/mol. The van der Waals surface area contributed by atoms with Gasteiger partial charge in [0.2, 0.25) is 0 Å². The highest BCUT2D eigenvalue weighted by Gasteiger charge is 2.04. The summed E-state index contributed by atoms with van der Waals surface area (Å²) in [4.78, 5) is 0. The summed E-state index contributed by atoms with van der Waals surface area (Å²) in [5.74, 6) is 0. The Bertz CT molecular complexity index is 609. The SMILES string of the molecule is CC(C)OCCOCc1ccc(COCc2cn(C(C)C)nn2)cc1. The molecule has 0 radical (unpaired) electrons. The van der Waals surface area contributed by atoms with E-state index >= 15 is 0 Å². The van der Waals surface area contributed by atoms with Gasteiger partial charge in [-0.25, -0.2) is 4.68 Å². The molecule has 0 saturated carbocycles. The number of hydrogen-bond acceptors (Lipinski definition) is 5. The Labute approximate surface area is 150 Å². The van der Waals surface area contributed by atoms with Crippen molar-refractivity contribution >= 4 is 0 Å². The highest BCUT2D eigenvalue weighted by atomic mass is 16.5. The third-order valence-electron chi connectivity index (χ3n) is 3.58. The fraction of sp³-hybridized carbons (Fsp3) is 0.579. The fourth-order valence-corrected chi connectivity index (χ4v) is 2.17. The zero-order valence-electron chi connectivity index (χ0n) is 15.6. The maximum atomic E-state index is 5.71. The van der Waals surface area contributed by atoms with Crippen LogP contribution < -0.4 is 0 Å². The Kier molecular flexibility index (Phi) is 8.04. The molecule has 2 rings (SSSR count). The topological polar surface area (TPSA) is 58.4 Å². The summed E-state index contributed by atoms with van der Waals surface area (Å²) in [6.45, 7) is 11.0. The van der Waals surface area contributed by atoms with Gasteiger partial charge in [0.1, 0.15) is 5.69 Å². The van der Waals surface area contributed by atoms with Gasteiger partial charge in [-0.3, -0.25) is 0 Å². The summed E-state index contributed by atoms with van der Waals surface area (Å²) in [5.41, 5.74) is 3.12. The molecule has 0 aliphatic heterocycles. The summed E-state index contributed by atoms with van der Waals surface area (Å²) < 4.78 is 18.6. The normalized spacial score (nSPS) is 11.6. The molecular weight excluding hydrogens is 318 g/mol. The van der Waals surface area contributed by atoms with Crippen LogP contribution in [0.2, 0.25) is 0 Å². The molecule has 0 N–H and O–H groups in total. The number of ether oxygens (including phenoxy) is 3. The molecule has 0 unspecified atom stereocenters. The van der Waals surface area contributed by atoms with Crippen LogP contribution in [-0.4, -0.2) is 34.3 Å². The summed E-state index contributed by atoms with van der Waals surface area (Å²) in [6.07, 6.45) is 2.17. The fourth-order valence-electron chi connectivity index (χ4n) is 2.17. The lowest BCUT2D eigenvalue weighted by atomic mass is 10.1. The minimum absolute atomic E-state index is 0.248. The van der Waals surface area contributed by atoms with Gasteiger partial charge in [0.25, 0.3) is 0 Å². The summed E-state index contributed by atoms with van der Waals surface area (Å²) >= 11 is 0. The third-order valence-corrected chi connectivity index (χ3v) is 3.58. The van der Waals surface area contributed by atoms with Crippen LogP contribution in [0.15, 0.2) is 30.5 Å². The van der Waals surface area contributed by atoms with E-state index in [-0.39, 0.29) is 6.10 Å². The van der Waals surface area contributed by atoms with Gasteiger partial charge in [-0.1, -0.05) is 29.5 Å². The van der Waals surface area contributed by atoms with Gasteiger partial charge < -0.3 is 14.2 Å². The Balaban J connectivity index is 1.65. The van der Waals surface area contributed by atoms with Crippen molar-refractivity contribution in [2.45, 2.75) is 59.7 Å². The number of benzene rings is 1. The molecule has 1 heterocycles. The van der Waals surface area contributed by atoms with Gasteiger partial charge in [0, 0.05) is 6.04 Å². The van der Waals surface area contributed by atoms with Crippen molar-refractivity contribution in [3.8, 4) is 0 Å². The summed E-state index contributed by atoms with van der Waals surface area (Å²) in [6, 6.07) is 8.57. The minimum atomic E-state index is 0.248. The van der Waals surface area contributed by atoms with Gasteiger partial charge in [-0.05, 0) is 38.8 Å². The predicted molar refractivity (Wildman–Crippen MR) is 96.1 cm³/mol. The second-order valence-corrected chi connectivity index (χ2v) is 6.57. The van der Waals surface area contributed by atoms with Gasteiger partial charge >= 0.3 is 0 Å². The van der Waals surface area contributed by atoms with Crippen molar-refractivity contribution < 1.29 is 14.2 Å². The lowest BCUT2D eigenvalue weighted by Gasteiger charge is -2.08. The van der Waals surface area contributed by atoms with Crippen molar-refractivity contribution in [2.24, 2.45) is 0 Å². The second-order valence-electron chi connectivity index (χ2n) is 6.57. The molecule has 0 amide bonds. The van der Waals surface area contributed by atoms with Gasteiger partial charge in [-0.2, -0.15) is 0 Å². The molecule has 6 heteroatoms. The lowest BCUT2D eigenvalue weighted by molar-refractivity contribution is 0.0143. The Morgan fingerprint density at radius 3 is 2.08 bits per heavy atom. The molecule has 0 bridgehead atoms. The molecule has 25 heavy (non-hydrogen) atoms. The Hall–Kier alpha value is -1.76. The number of nitrogens with zero attached hydrogens (tertiary/aromatic N) is 3. The van der Waals surface area contributed by atoms with Gasteiger partial charge in [-0.15, -0.1) is 5.10 Å². The van der Waals surface area contributed by atoms with E-state index in [0.29, 0.717) is 39.1 Å². The number of rotatable bonds is 11. The van der Waals surface area contributed by atoms with Crippen LogP contribution in [0, 0.1) is 0 Å². The van der Waals surface area contributed by atoms with Crippen molar-refractivity contribution in [1.29, 1.82) is 0 Å². The second kappa shape index (κ2) is 10.3. The largest absolute Gasteiger partial charge is 0.376 e. The van der Waals surface area contributed by atoms with Gasteiger partial charge in [0.15, 0.2) is 0 Å². The van der Waals surface area contributed by atoms with E-state index in [4.69, 9.17) is 14.2 Å². The first kappa shape index (κ1) is 19.6. The summed E-state index contributed by atoms with van der Waals surface area (Å²) in [5, 5.41) is 8.17. The highest BCUT2D eigenvalue weighted by Crippen LogP contribution is 2.09. The van der Waals surface area contributed by atoms with Crippen LogP contribution in [0.4, 0.5) is 0 Å². The van der Waals surface area contributed by atoms with E-state index in [0.717, 1.165) is 16.8 Å². The number of aromatic nitrogens is 3. The van der Waals surface area contributed by atoms with Crippen LogP contribution in [0.1, 0.15) is 50.6 Å².